The van der Waals surface area contributed by atoms with Gasteiger partial charge in [0.1, 0.15) is 18.9 Å². The number of carbonyl (C=O) groups is 1. The maximum Gasteiger partial charge on any atom is 0.262 e. The number of anilines is 1. The Morgan fingerprint density at radius 3 is 2.82 bits per heavy atom. The first-order chi connectivity index (χ1) is 16.0. The van der Waals surface area contributed by atoms with Gasteiger partial charge in [0, 0.05) is 18.7 Å². The first kappa shape index (κ1) is 23.7. The Balaban J connectivity index is 1.47. The number of fused-ring (bicyclic) bond motifs is 1. The Morgan fingerprint density at radius 1 is 1.24 bits per heavy atom. The van der Waals surface area contributed by atoms with Crippen LogP contribution in [-0.2, 0) is 16.1 Å². The van der Waals surface area contributed by atoms with Crippen molar-refractivity contribution in [2.75, 3.05) is 43.9 Å². The highest BCUT2D eigenvalue weighted by molar-refractivity contribution is 7.99. The molecule has 1 aromatic heterocycles. The molecule has 174 valence electrons. The number of nitrogens with one attached hydrogen (secondary N) is 2. The van der Waals surface area contributed by atoms with Crippen molar-refractivity contribution < 1.29 is 18.8 Å². The summed E-state index contributed by atoms with van der Waals surface area (Å²) in [6.07, 6.45) is 0.823. The standard InChI is InChI=1S/C23H24ClFN4O3S/c24-18-14-16(6-7-19(18)25)26-21(30)15-33-23-27-20-5-2-1-4-17(20)22(31)29(23)9-3-8-28-10-12-32-13-11-28/h1-2,4-7,14H,3,8-13,15H2,(H,26,30)/p+1. The van der Waals surface area contributed by atoms with Crippen molar-refractivity contribution in [2.45, 2.75) is 18.1 Å². The van der Waals surface area contributed by atoms with Crippen molar-refractivity contribution in [2.24, 2.45) is 0 Å². The number of ether oxygens (including phenoxy) is 1. The zero-order chi connectivity index (χ0) is 23.2. The zero-order valence-corrected chi connectivity index (χ0v) is 19.6. The predicted molar refractivity (Wildman–Crippen MR) is 128 cm³/mol. The lowest BCUT2D eigenvalue weighted by molar-refractivity contribution is -0.908. The summed E-state index contributed by atoms with van der Waals surface area (Å²) < 4.78 is 20.4. The van der Waals surface area contributed by atoms with Gasteiger partial charge in [0.05, 0.1) is 41.4 Å². The van der Waals surface area contributed by atoms with Crippen molar-refractivity contribution in [3.8, 4) is 0 Å². The van der Waals surface area contributed by atoms with Gasteiger partial charge in [-0.3, -0.25) is 14.2 Å². The van der Waals surface area contributed by atoms with E-state index in [1.54, 1.807) is 16.7 Å². The minimum absolute atomic E-state index is 0.0501. The molecule has 1 amide bonds. The fourth-order valence-corrected chi connectivity index (χ4v) is 4.76. The van der Waals surface area contributed by atoms with E-state index >= 15 is 0 Å². The summed E-state index contributed by atoms with van der Waals surface area (Å²) in [4.78, 5) is 31.8. The number of hydrogen-bond acceptors (Lipinski definition) is 5. The Kier molecular flexibility index (Phi) is 7.97. The highest BCUT2D eigenvalue weighted by atomic mass is 35.5. The summed E-state index contributed by atoms with van der Waals surface area (Å²) >= 11 is 6.98. The SMILES string of the molecule is O=C(CSc1nc2ccccc2c(=O)n1CCC[NH+]1CCOCC1)Nc1ccc(F)c(Cl)c1. The molecule has 0 aliphatic carbocycles. The summed E-state index contributed by atoms with van der Waals surface area (Å²) in [6.45, 7) is 4.95. The van der Waals surface area contributed by atoms with Gasteiger partial charge < -0.3 is 15.0 Å². The third kappa shape index (κ3) is 6.11. The molecule has 0 unspecified atom stereocenters. The average Bonchev–Trinajstić information content (AvgIpc) is 2.82. The molecule has 2 aromatic carbocycles. The number of benzene rings is 2. The minimum atomic E-state index is -0.549. The molecule has 1 aliphatic heterocycles. The van der Waals surface area contributed by atoms with Crippen LogP contribution in [-0.4, -0.2) is 54.1 Å². The van der Waals surface area contributed by atoms with E-state index < -0.39 is 5.82 Å². The highest BCUT2D eigenvalue weighted by Crippen LogP contribution is 2.21. The molecule has 2 N–H and O–H groups in total. The van der Waals surface area contributed by atoms with Crippen molar-refractivity contribution in [1.29, 1.82) is 0 Å². The van der Waals surface area contributed by atoms with Gasteiger partial charge in [0.15, 0.2) is 5.16 Å². The lowest BCUT2D eigenvalue weighted by atomic mass is 10.2. The van der Waals surface area contributed by atoms with Gasteiger partial charge in [0.25, 0.3) is 5.56 Å². The Labute approximate surface area is 199 Å². The zero-order valence-electron chi connectivity index (χ0n) is 18.0. The van der Waals surface area contributed by atoms with Crippen LogP contribution in [0.2, 0.25) is 5.02 Å². The number of nitrogens with zero attached hydrogens (tertiary/aromatic N) is 2. The third-order valence-electron chi connectivity index (χ3n) is 5.47. The fourth-order valence-electron chi connectivity index (χ4n) is 3.75. The van der Waals surface area contributed by atoms with E-state index in [0.29, 0.717) is 28.3 Å². The molecule has 7 nitrogen and oxygen atoms in total. The Hall–Kier alpha value is -2.46. The van der Waals surface area contributed by atoms with E-state index in [4.69, 9.17) is 16.3 Å². The number of aromatic nitrogens is 2. The molecular weight excluding hydrogens is 467 g/mol. The number of thioether (sulfide) groups is 1. The Morgan fingerprint density at radius 2 is 2.03 bits per heavy atom. The van der Waals surface area contributed by atoms with Crippen LogP contribution in [0, 0.1) is 5.82 Å². The van der Waals surface area contributed by atoms with Crippen molar-refractivity contribution >= 4 is 45.9 Å². The van der Waals surface area contributed by atoms with Gasteiger partial charge in [0.2, 0.25) is 5.91 Å². The first-order valence-corrected chi connectivity index (χ1v) is 12.2. The van der Waals surface area contributed by atoms with Gasteiger partial charge in [-0.25, -0.2) is 9.37 Å². The number of quaternary nitrogens is 1. The summed E-state index contributed by atoms with van der Waals surface area (Å²) in [5, 5.41) is 3.70. The topological polar surface area (TPSA) is 77.7 Å². The Bertz CT molecular complexity index is 1200. The maximum atomic E-state index is 13.3. The molecular formula is C23H25ClFN4O3S+. The van der Waals surface area contributed by atoms with Gasteiger partial charge in [-0.2, -0.15) is 0 Å². The average molecular weight is 492 g/mol. The van der Waals surface area contributed by atoms with Crippen molar-refractivity contribution in [3.63, 3.8) is 0 Å². The lowest BCUT2D eigenvalue weighted by Gasteiger charge is -2.24. The molecule has 0 radical (unpaired) electrons. The van der Waals surface area contributed by atoms with Gasteiger partial charge in [-0.05, 0) is 30.3 Å². The van der Waals surface area contributed by atoms with Crippen LogP contribution in [0.4, 0.5) is 10.1 Å². The summed E-state index contributed by atoms with van der Waals surface area (Å²) in [7, 11) is 0. The molecule has 1 aliphatic rings. The highest BCUT2D eigenvalue weighted by Gasteiger charge is 2.16. The molecule has 1 fully saturated rings. The number of morpholine rings is 1. The van der Waals surface area contributed by atoms with E-state index in [0.717, 1.165) is 39.3 Å². The molecule has 0 atom stereocenters. The minimum Gasteiger partial charge on any atom is -0.370 e. The predicted octanol–water partition coefficient (Wildman–Crippen LogP) is 2.22. The smallest absolute Gasteiger partial charge is 0.262 e. The molecule has 2 heterocycles. The van der Waals surface area contributed by atoms with Crippen LogP contribution in [0.1, 0.15) is 6.42 Å². The van der Waals surface area contributed by atoms with E-state index in [-0.39, 0.29) is 22.2 Å². The van der Waals surface area contributed by atoms with Crippen LogP contribution in [0.3, 0.4) is 0 Å². The summed E-state index contributed by atoms with van der Waals surface area (Å²) in [5.74, 6) is -0.796. The molecule has 1 saturated heterocycles. The second-order valence-corrected chi connectivity index (χ2v) is 9.15. The third-order valence-corrected chi connectivity index (χ3v) is 6.74. The maximum absolute atomic E-state index is 13.3. The number of amides is 1. The van der Waals surface area contributed by atoms with Crippen molar-refractivity contribution in [1.82, 2.24) is 9.55 Å². The molecule has 10 heteroatoms. The number of rotatable bonds is 8. The van der Waals surface area contributed by atoms with Gasteiger partial charge >= 0.3 is 0 Å². The summed E-state index contributed by atoms with van der Waals surface area (Å²) in [6, 6.07) is 11.2. The van der Waals surface area contributed by atoms with Crippen LogP contribution in [0.5, 0.6) is 0 Å². The van der Waals surface area contributed by atoms with E-state index in [2.05, 4.69) is 10.3 Å². The van der Waals surface area contributed by atoms with Crippen LogP contribution < -0.4 is 15.8 Å². The van der Waals surface area contributed by atoms with Crippen LogP contribution in [0.25, 0.3) is 10.9 Å². The molecule has 4 rings (SSSR count). The second kappa shape index (κ2) is 11.1. The van der Waals surface area contributed by atoms with E-state index in [1.165, 1.54) is 34.9 Å². The number of hydrogen-bond donors (Lipinski definition) is 2. The lowest BCUT2D eigenvalue weighted by Crippen LogP contribution is -3.14. The normalized spacial score (nSPS) is 14.5. The largest absolute Gasteiger partial charge is 0.370 e. The monoisotopic (exact) mass is 491 g/mol. The molecule has 33 heavy (non-hydrogen) atoms. The molecule has 0 saturated carbocycles. The van der Waals surface area contributed by atoms with Gasteiger partial charge in [-0.15, -0.1) is 0 Å². The van der Waals surface area contributed by atoms with Crippen molar-refractivity contribution in [3.05, 3.63) is 63.7 Å². The summed E-state index contributed by atoms with van der Waals surface area (Å²) in [5.41, 5.74) is 0.904. The number of para-hydroxylation sites is 1. The van der Waals surface area contributed by atoms with E-state index in [1.807, 2.05) is 12.1 Å². The first-order valence-electron chi connectivity index (χ1n) is 10.8. The second-order valence-electron chi connectivity index (χ2n) is 7.80. The molecule has 3 aromatic rings. The number of carbonyl (C=O) groups excluding carboxylic acids is 1. The van der Waals surface area contributed by atoms with E-state index in [9.17, 15) is 14.0 Å². The molecule has 0 spiro atoms. The molecule has 0 bridgehead atoms. The van der Waals surface area contributed by atoms with Gasteiger partial charge in [-0.1, -0.05) is 35.5 Å². The van der Waals surface area contributed by atoms with Crippen LogP contribution in [0.15, 0.2) is 52.4 Å². The fraction of sp³-hybridized carbons (Fsp3) is 0.348. The number of halogens is 2. The quantitative estimate of drug-likeness (QED) is 0.373. The van der Waals surface area contributed by atoms with Crippen LogP contribution >= 0.6 is 23.4 Å².